The van der Waals surface area contributed by atoms with Gasteiger partial charge in [0, 0.05) is 11.6 Å². The van der Waals surface area contributed by atoms with Crippen molar-refractivity contribution in [2.24, 2.45) is 0 Å². The predicted molar refractivity (Wildman–Crippen MR) is 47.6 cm³/mol. The van der Waals surface area contributed by atoms with E-state index < -0.39 is 0 Å². The molecule has 0 fully saturated rings. The summed E-state index contributed by atoms with van der Waals surface area (Å²) in [5.74, 6) is 0. The van der Waals surface area contributed by atoms with Gasteiger partial charge in [0.2, 0.25) is 0 Å². The SMILES string of the molecule is [B]c1ccc(Cl)cc1CCO. The van der Waals surface area contributed by atoms with E-state index in [1.54, 1.807) is 18.2 Å². The first kappa shape index (κ1) is 8.63. The highest BCUT2D eigenvalue weighted by Gasteiger charge is 1.96. The van der Waals surface area contributed by atoms with Crippen molar-refractivity contribution in [3.8, 4) is 0 Å². The van der Waals surface area contributed by atoms with Crippen molar-refractivity contribution in [3.05, 3.63) is 28.8 Å². The van der Waals surface area contributed by atoms with Gasteiger partial charge in [-0.3, -0.25) is 0 Å². The van der Waals surface area contributed by atoms with E-state index in [9.17, 15) is 0 Å². The summed E-state index contributed by atoms with van der Waals surface area (Å²) in [4.78, 5) is 0. The molecule has 1 N–H and O–H groups in total. The minimum absolute atomic E-state index is 0.102. The second-order valence-electron chi connectivity index (χ2n) is 2.32. The zero-order valence-electron chi connectivity index (χ0n) is 6.05. The summed E-state index contributed by atoms with van der Waals surface area (Å²) in [6.45, 7) is 0.102. The van der Waals surface area contributed by atoms with Gasteiger partial charge in [0.1, 0.15) is 7.85 Å². The van der Waals surface area contributed by atoms with Crippen LogP contribution in [0, 0.1) is 0 Å². The number of aliphatic hydroxyl groups is 1. The van der Waals surface area contributed by atoms with E-state index in [0.29, 0.717) is 16.9 Å². The smallest absolute Gasteiger partial charge is 0.114 e. The molecule has 1 aromatic carbocycles. The first-order chi connectivity index (χ1) is 5.24. The van der Waals surface area contributed by atoms with Crippen LogP contribution in [0.5, 0.6) is 0 Å². The van der Waals surface area contributed by atoms with Crippen LogP contribution >= 0.6 is 11.6 Å². The van der Waals surface area contributed by atoms with Gasteiger partial charge in [-0.2, -0.15) is 0 Å². The molecule has 0 amide bonds. The highest BCUT2D eigenvalue weighted by molar-refractivity contribution is 6.35. The second-order valence-corrected chi connectivity index (χ2v) is 2.75. The molecule has 0 aliphatic rings. The van der Waals surface area contributed by atoms with Gasteiger partial charge >= 0.3 is 0 Å². The van der Waals surface area contributed by atoms with E-state index in [4.69, 9.17) is 24.6 Å². The van der Waals surface area contributed by atoms with Gasteiger partial charge in [-0.1, -0.05) is 28.7 Å². The van der Waals surface area contributed by atoms with Crippen molar-refractivity contribution in [1.29, 1.82) is 0 Å². The highest BCUT2D eigenvalue weighted by Crippen LogP contribution is 2.08. The predicted octanol–water partition coefficient (Wildman–Crippen LogP) is 0.669. The Morgan fingerprint density at radius 1 is 1.45 bits per heavy atom. The fourth-order valence-corrected chi connectivity index (χ4v) is 1.11. The molecule has 0 heterocycles. The summed E-state index contributed by atoms with van der Waals surface area (Å²) in [5, 5.41) is 9.29. The van der Waals surface area contributed by atoms with Crippen LogP contribution in [-0.2, 0) is 6.42 Å². The van der Waals surface area contributed by atoms with Crippen molar-refractivity contribution in [3.63, 3.8) is 0 Å². The molecule has 0 aliphatic carbocycles. The zero-order chi connectivity index (χ0) is 8.27. The van der Waals surface area contributed by atoms with E-state index in [-0.39, 0.29) is 6.61 Å². The molecule has 0 spiro atoms. The molecule has 0 atom stereocenters. The molecule has 1 aromatic rings. The Labute approximate surface area is 72.4 Å². The summed E-state index contributed by atoms with van der Waals surface area (Å²) in [5.41, 5.74) is 1.59. The number of aliphatic hydroxyl groups excluding tert-OH is 1. The number of rotatable bonds is 2. The Balaban J connectivity index is 2.93. The summed E-state index contributed by atoms with van der Waals surface area (Å²) < 4.78 is 0. The molecule has 0 bridgehead atoms. The van der Waals surface area contributed by atoms with Gasteiger partial charge in [0.15, 0.2) is 0 Å². The lowest BCUT2D eigenvalue weighted by Crippen LogP contribution is -2.10. The van der Waals surface area contributed by atoms with Crippen molar-refractivity contribution in [2.45, 2.75) is 6.42 Å². The van der Waals surface area contributed by atoms with Crippen molar-refractivity contribution < 1.29 is 5.11 Å². The lowest BCUT2D eigenvalue weighted by molar-refractivity contribution is 0.300. The molecule has 56 valence electrons. The zero-order valence-corrected chi connectivity index (χ0v) is 6.80. The molecule has 11 heavy (non-hydrogen) atoms. The van der Waals surface area contributed by atoms with Crippen LogP contribution in [0.25, 0.3) is 0 Å². The molecule has 0 saturated carbocycles. The van der Waals surface area contributed by atoms with Crippen molar-refractivity contribution in [1.82, 2.24) is 0 Å². The highest BCUT2D eigenvalue weighted by atomic mass is 35.5. The maximum Gasteiger partial charge on any atom is 0.114 e. The van der Waals surface area contributed by atoms with E-state index in [2.05, 4.69) is 0 Å². The Bertz CT molecular complexity index is 250. The second kappa shape index (κ2) is 3.79. The Morgan fingerprint density at radius 3 is 2.82 bits per heavy atom. The Kier molecular flexibility index (Phi) is 2.97. The lowest BCUT2D eigenvalue weighted by Gasteiger charge is -2.03. The number of benzene rings is 1. The summed E-state index contributed by atoms with van der Waals surface area (Å²) >= 11 is 5.72. The molecular formula is C8H8BClO. The van der Waals surface area contributed by atoms with Crippen LogP contribution in [-0.4, -0.2) is 19.6 Å². The molecule has 0 aromatic heterocycles. The largest absolute Gasteiger partial charge is 0.396 e. The van der Waals surface area contributed by atoms with Crippen LogP contribution in [0.15, 0.2) is 18.2 Å². The standard InChI is InChI=1S/C8H8BClO/c9-8-2-1-7(10)5-6(8)3-4-11/h1-2,5,11H,3-4H2. The van der Waals surface area contributed by atoms with E-state index in [0.717, 1.165) is 5.56 Å². The molecule has 2 radical (unpaired) electrons. The average molecular weight is 166 g/mol. The molecule has 0 saturated heterocycles. The van der Waals surface area contributed by atoms with Crippen molar-refractivity contribution in [2.75, 3.05) is 6.61 Å². The fourth-order valence-electron chi connectivity index (χ4n) is 0.911. The van der Waals surface area contributed by atoms with Gasteiger partial charge in [0.25, 0.3) is 0 Å². The molecule has 1 rings (SSSR count). The summed E-state index contributed by atoms with van der Waals surface area (Å²) in [7, 11) is 5.61. The van der Waals surface area contributed by atoms with Gasteiger partial charge in [0.05, 0.1) is 0 Å². The minimum atomic E-state index is 0.102. The summed E-state index contributed by atoms with van der Waals surface area (Å²) in [6.07, 6.45) is 0.562. The quantitative estimate of drug-likeness (QED) is 0.640. The van der Waals surface area contributed by atoms with Crippen LogP contribution in [0.1, 0.15) is 5.56 Å². The third-order valence-corrected chi connectivity index (χ3v) is 1.72. The van der Waals surface area contributed by atoms with Gasteiger partial charge in [-0.05, 0) is 18.6 Å². The van der Waals surface area contributed by atoms with Gasteiger partial charge in [-0.15, -0.1) is 0 Å². The first-order valence-corrected chi connectivity index (χ1v) is 3.76. The van der Waals surface area contributed by atoms with E-state index in [1.165, 1.54) is 0 Å². The van der Waals surface area contributed by atoms with Crippen molar-refractivity contribution >= 4 is 24.9 Å². The third-order valence-electron chi connectivity index (χ3n) is 1.49. The number of halogens is 1. The first-order valence-electron chi connectivity index (χ1n) is 3.39. The maximum atomic E-state index is 8.64. The maximum absolute atomic E-state index is 8.64. The minimum Gasteiger partial charge on any atom is -0.396 e. The van der Waals surface area contributed by atoms with Crippen LogP contribution < -0.4 is 5.46 Å². The summed E-state index contributed by atoms with van der Waals surface area (Å²) in [6, 6.07) is 5.25. The molecule has 1 nitrogen and oxygen atoms in total. The number of hydrogen-bond donors (Lipinski definition) is 1. The molecule has 0 unspecified atom stereocenters. The van der Waals surface area contributed by atoms with Gasteiger partial charge < -0.3 is 5.11 Å². The van der Waals surface area contributed by atoms with E-state index in [1.807, 2.05) is 0 Å². The molecule has 0 aliphatic heterocycles. The topological polar surface area (TPSA) is 20.2 Å². The van der Waals surface area contributed by atoms with Gasteiger partial charge in [-0.25, -0.2) is 0 Å². The fraction of sp³-hybridized carbons (Fsp3) is 0.250. The Hall–Kier alpha value is -0.465. The monoisotopic (exact) mass is 166 g/mol. The van der Waals surface area contributed by atoms with Crippen LogP contribution in [0.3, 0.4) is 0 Å². The molecular weight excluding hydrogens is 158 g/mol. The molecule has 3 heteroatoms. The normalized spacial score (nSPS) is 10.0. The van der Waals surface area contributed by atoms with Crippen LogP contribution in [0.2, 0.25) is 5.02 Å². The van der Waals surface area contributed by atoms with E-state index >= 15 is 0 Å². The average Bonchev–Trinajstić information content (AvgIpc) is 1.98. The van der Waals surface area contributed by atoms with Crippen LogP contribution in [0.4, 0.5) is 0 Å². The number of hydrogen-bond acceptors (Lipinski definition) is 1. The Morgan fingerprint density at radius 2 is 2.18 bits per heavy atom. The lowest BCUT2D eigenvalue weighted by atomic mass is 9.89. The third kappa shape index (κ3) is 2.24.